The van der Waals surface area contributed by atoms with Gasteiger partial charge in [-0.05, 0) is 30.3 Å². The largest absolute Gasteiger partial charge is 0.331 e. The predicted octanol–water partition coefficient (Wildman–Crippen LogP) is 3.83. The maximum Gasteiger partial charge on any atom is 0.272 e. The predicted molar refractivity (Wildman–Crippen MR) is 104 cm³/mol. The Kier molecular flexibility index (Phi) is 5.84. The minimum absolute atomic E-state index is 0.0255. The third kappa shape index (κ3) is 4.80. The second-order valence-electron chi connectivity index (χ2n) is 6.04. The van der Waals surface area contributed by atoms with Crippen molar-refractivity contribution >= 4 is 33.4 Å². The number of carbonyl (C=O) groups excluding carboxylic acids is 2. The SMILES string of the molecule is CN(CC(=O)Nc1cc(F)cc(F)c1)C(=O)c1cc(-c2ccc(Br)cc2)n[nH]1. The summed E-state index contributed by atoms with van der Waals surface area (Å²) in [5, 5.41) is 9.12. The lowest BCUT2D eigenvalue weighted by Crippen LogP contribution is -2.35. The van der Waals surface area contributed by atoms with Gasteiger partial charge in [0.25, 0.3) is 5.91 Å². The maximum atomic E-state index is 13.2. The Morgan fingerprint density at radius 2 is 1.75 bits per heavy atom. The van der Waals surface area contributed by atoms with E-state index >= 15 is 0 Å². The third-order valence-electron chi connectivity index (χ3n) is 3.82. The minimum Gasteiger partial charge on any atom is -0.331 e. The van der Waals surface area contributed by atoms with Crippen LogP contribution < -0.4 is 5.32 Å². The summed E-state index contributed by atoms with van der Waals surface area (Å²) in [6, 6.07) is 11.7. The van der Waals surface area contributed by atoms with Crippen LogP contribution in [-0.4, -0.2) is 40.5 Å². The molecule has 0 aliphatic carbocycles. The number of hydrogen-bond donors (Lipinski definition) is 2. The minimum atomic E-state index is -0.808. The molecule has 0 unspecified atom stereocenters. The summed E-state index contributed by atoms with van der Waals surface area (Å²) in [5.41, 5.74) is 1.60. The molecular formula is C19H15BrF2N4O2. The van der Waals surface area contributed by atoms with Gasteiger partial charge >= 0.3 is 0 Å². The van der Waals surface area contributed by atoms with E-state index in [4.69, 9.17) is 0 Å². The van der Waals surface area contributed by atoms with Gasteiger partial charge < -0.3 is 10.2 Å². The quantitative estimate of drug-likeness (QED) is 0.622. The van der Waals surface area contributed by atoms with Gasteiger partial charge in [-0.1, -0.05) is 28.1 Å². The fraction of sp³-hybridized carbons (Fsp3) is 0.105. The first kappa shape index (κ1) is 19.7. The number of benzene rings is 2. The van der Waals surface area contributed by atoms with Crippen LogP contribution in [-0.2, 0) is 4.79 Å². The monoisotopic (exact) mass is 448 g/mol. The topological polar surface area (TPSA) is 78.1 Å². The number of likely N-dealkylation sites (N-methyl/N-ethyl adjacent to an activating group) is 1. The van der Waals surface area contributed by atoms with Gasteiger partial charge in [0.2, 0.25) is 5.91 Å². The highest BCUT2D eigenvalue weighted by molar-refractivity contribution is 9.10. The number of anilines is 1. The van der Waals surface area contributed by atoms with Crippen LogP contribution in [0.1, 0.15) is 10.5 Å². The number of H-pyrrole nitrogens is 1. The van der Waals surface area contributed by atoms with E-state index in [2.05, 4.69) is 31.4 Å². The lowest BCUT2D eigenvalue weighted by atomic mass is 10.1. The zero-order chi connectivity index (χ0) is 20.3. The normalized spacial score (nSPS) is 10.6. The van der Waals surface area contributed by atoms with Gasteiger partial charge in [-0.25, -0.2) is 8.78 Å². The van der Waals surface area contributed by atoms with Crippen molar-refractivity contribution in [1.82, 2.24) is 15.1 Å². The van der Waals surface area contributed by atoms with Crippen LogP contribution in [0, 0.1) is 11.6 Å². The van der Waals surface area contributed by atoms with Crippen molar-refractivity contribution < 1.29 is 18.4 Å². The zero-order valence-electron chi connectivity index (χ0n) is 14.7. The van der Waals surface area contributed by atoms with E-state index in [9.17, 15) is 18.4 Å². The number of hydrogen-bond acceptors (Lipinski definition) is 3. The Labute approximate surface area is 167 Å². The summed E-state index contributed by atoms with van der Waals surface area (Å²) in [6.45, 7) is -0.302. The third-order valence-corrected chi connectivity index (χ3v) is 4.35. The van der Waals surface area contributed by atoms with Crippen LogP contribution in [0.5, 0.6) is 0 Å². The number of rotatable bonds is 5. The fourth-order valence-electron chi connectivity index (χ4n) is 2.52. The fourth-order valence-corrected chi connectivity index (χ4v) is 2.78. The van der Waals surface area contributed by atoms with Crippen molar-refractivity contribution in [2.45, 2.75) is 0 Å². The molecule has 0 fully saturated rings. The number of amides is 2. The molecule has 144 valence electrons. The number of carbonyl (C=O) groups is 2. The molecule has 0 spiro atoms. The highest BCUT2D eigenvalue weighted by atomic mass is 79.9. The molecule has 2 aromatic carbocycles. The van der Waals surface area contributed by atoms with Gasteiger partial charge in [0.1, 0.15) is 17.3 Å². The molecule has 0 bridgehead atoms. The molecule has 28 heavy (non-hydrogen) atoms. The molecule has 2 amide bonds. The zero-order valence-corrected chi connectivity index (χ0v) is 16.3. The number of nitrogens with zero attached hydrogens (tertiary/aromatic N) is 2. The standard InChI is InChI=1S/C19H15BrF2N4O2/c1-26(10-18(27)23-15-7-13(21)6-14(22)8-15)19(28)17-9-16(24-25-17)11-2-4-12(20)5-3-11/h2-9H,10H2,1H3,(H,23,27)(H,24,25). The molecule has 0 aliphatic heterocycles. The van der Waals surface area contributed by atoms with Crippen LogP contribution in [0.3, 0.4) is 0 Å². The van der Waals surface area contributed by atoms with Crippen molar-refractivity contribution in [2.24, 2.45) is 0 Å². The molecule has 1 aromatic heterocycles. The lowest BCUT2D eigenvalue weighted by molar-refractivity contribution is -0.116. The molecule has 0 atom stereocenters. The molecule has 6 nitrogen and oxygen atoms in total. The van der Waals surface area contributed by atoms with Gasteiger partial charge in [0.05, 0.1) is 12.2 Å². The van der Waals surface area contributed by atoms with Gasteiger partial charge in [0, 0.05) is 28.8 Å². The van der Waals surface area contributed by atoms with Crippen LogP contribution in [0.4, 0.5) is 14.5 Å². The smallest absolute Gasteiger partial charge is 0.272 e. The summed E-state index contributed by atoms with van der Waals surface area (Å²) in [6.07, 6.45) is 0. The van der Waals surface area contributed by atoms with Gasteiger partial charge in [-0.2, -0.15) is 5.10 Å². The van der Waals surface area contributed by atoms with Crippen LogP contribution in [0.15, 0.2) is 53.0 Å². The van der Waals surface area contributed by atoms with Crippen molar-refractivity contribution in [3.63, 3.8) is 0 Å². The average molecular weight is 449 g/mol. The van der Waals surface area contributed by atoms with E-state index in [1.165, 1.54) is 11.9 Å². The average Bonchev–Trinajstić information content (AvgIpc) is 3.10. The van der Waals surface area contributed by atoms with E-state index in [0.29, 0.717) is 11.8 Å². The van der Waals surface area contributed by atoms with E-state index in [0.717, 1.165) is 22.2 Å². The Morgan fingerprint density at radius 3 is 2.39 bits per heavy atom. The Morgan fingerprint density at radius 1 is 1.11 bits per heavy atom. The second kappa shape index (κ2) is 8.30. The van der Waals surface area contributed by atoms with Gasteiger partial charge in [0.15, 0.2) is 0 Å². The highest BCUT2D eigenvalue weighted by Crippen LogP contribution is 2.21. The first-order valence-corrected chi connectivity index (χ1v) is 8.94. The highest BCUT2D eigenvalue weighted by Gasteiger charge is 2.18. The number of nitrogens with one attached hydrogen (secondary N) is 2. The lowest BCUT2D eigenvalue weighted by Gasteiger charge is -2.15. The Hall–Kier alpha value is -3.07. The summed E-state index contributed by atoms with van der Waals surface area (Å²) in [5.74, 6) is -2.65. The molecule has 3 aromatic rings. The molecule has 0 saturated carbocycles. The van der Waals surface area contributed by atoms with Gasteiger partial charge in [-0.15, -0.1) is 0 Å². The van der Waals surface area contributed by atoms with E-state index in [-0.39, 0.29) is 17.9 Å². The number of halogens is 3. The summed E-state index contributed by atoms with van der Waals surface area (Å²) in [4.78, 5) is 25.7. The van der Waals surface area contributed by atoms with E-state index in [1.54, 1.807) is 6.07 Å². The first-order chi connectivity index (χ1) is 13.3. The van der Waals surface area contributed by atoms with Crippen LogP contribution in [0.2, 0.25) is 0 Å². The molecule has 0 saturated heterocycles. The van der Waals surface area contributed by atoms with E-state index in [1.807, 2.05) is 24.3 Å². The molecule has 1 heterocycles. The summed E-state index contributed by atoms with van der Waals surface area (Å²) in [7, 11) is 1.44. The van der Waals surface area contributed by atoms with Crippen molar-refractivity contribution in [3.8, 4) is 11.3 Å². The molecular weight excluding hydrogens is 434 g/mol. The van der Waals surface area contributed by atoms with E-state index < -0.39 is 23.4 Å². The summed E-state index contributed by atoms with van der Waals surface area (Å²) < 4.78 is 27.3. The summed E-state index contributed by atoms with van der Waals surface area (Å²) >= 11 is 3.35. The van der Waals surface area contributed by atoms with Crippen molar-refractivity contribution in [2.75, 3.05) is 18.9 Å². The Balaban J connectivity index is 1.64. The Bertz CT molecular complexity index is 1000. The van der Waals surface area contributed by atoms with Crippen LogP contribution >= 0.6 is 15.9 Å². The van der Waals surface area contributed by atoms with Crippen LogP contribution in [0.25, 0.3) is 11.3 Å². The molecule has 3 rings (SSSR count). The van der Waals surface area contributed by atoms with Gasteiger partial charge in [-0.3, -0.25) is 14.7 Å². The number of aromatic amines is 1. The molecule has 2 N–H and O–H groups in total. The number of aromatic nitrogens is 2. The van der Waals surface area contributed by atoms with Crippen molar-refractivity contribution in [3.05, 3.63) is 70.3 Å². The van der Waals surface area contributed by atoms with Crippen molar-refractivity contribution in [1.29, 1.82) is 0 Å². The first-order valence-electron chi connectivity index (χ1n) is 8.14. The second-order valence-corrected chi connectivity index (χ2v) is 6.96. The molecule has 0 radical (unpaired) electrons. The molecule has 9 heteroatoms. The molecule has 0 aliphatic rings. The maximum absolute atomic E-state index is 13.2.